The van der Waals surface area contributed by atoms with Gasteiger partial charge in [-0.2, -0.15) is 5.26 Å². The quantitative estimate of drug-likeness (QED) is 0.623. The minimum Gasteiger partial charge on any atom is -0.357 e. The van der Waals surface area contributed by atoms with Crippen LogP contribution in [0.4, 0.5) is 11.5 Å². The maximum absolute atomic E-state index is 12.7. The van der Waals surface area contributed by atoms with E-state index in [2.05, 4.69) is 11.0 Å². The van der Waals surface area contributed by atoms with Crippen LogP contribution in [-0.2, 0) is 13.0 Å². The Morgan fingerprint density at radius 1 is 1.17 bits per heavy atom. The Morgan fingerprint density at radius 3 is 2.58 bits per heavy atom. The van der Waals surface area contributed by atoms with Gasteiger partial charge in [0.05, 0.1) is 10.6 Å². The summed E-state index contributed by atoms with van der Waals surface area (Å²) in [7, 11) is 0. The Bertz CT molecular complexity index is 954. The summed E-state index contributed by atoms with van der Waals surface area (Å²) in [5.74, 6) is 0.915. The molecule has 0 atom stereocenters. The zero-order valence-electron chi connectivity index (χ0n) is 12.9. The number of nitrogens with zero attached hydrogens (tertiary/aromatic N) is 4. The van der Waals surface area contributed by atoms with Gasteiger partial charge in [-0.15, -0.1) is 0 Å². The fourth-order valence-corrected chi connectivity index (χ4v) is 3.70. The molecule has 120 valence electrons. The molecule has 2 aliphatic rings. The molecule has 24 heavy (non-hydrogen) atoms. The minimum atomic E-state index is -0.463. The van der Waals surface area contributed by atoms with Gasteiger partial charge in [-0.3, -0.25) is 14.9 Å². The minimum absolute atomic E-state index is 0.0129. The first-order valence-corrected chi connectivity index (χ1v) is 7.81. The van der Waals surface area contributed by atoms with Gasteiger partial charge in [-0.05, 0) is 25.0 Å². The van der Waals surface area contributed by atoms with Crippen molar-refractivity contribution >= 4 is 11.5 Å². The summed E-state index contributed by atoms with van der Waals surface area (Å²) in [5.41, 5.74) is 1.86. The lowest BCUT2D eigenvalue weighted by molar-refractivity contribution is -0.384. The first-order valence-electron chi connectivity index (χ1n) is 7.81. The van der Waals surface area contributed by atoms with Crippen LogP contribution >= 0.6 is 0 Å². The molecule has 1 aromatic carbocycles. The topological polar surface area (TPSA) is 92.2 Å². The predicted octanol–water partition coefficient (Wildman–Crippen LogP) is 2.06. The van der Waals surface area contributed by atoms with Gasteiger partial charge in [0.2, 0.25) is 5.43 Å². The largest absolute Gasteiger partial charge is 0.357 e. The lowest BCUT2D eigenvalue weighted by Crippen LogP contribution is -2.32. The predicted molar refractivity (Wildman–Crippen MR) is 88.0 cm³/mol. The van der Waals surface area contributed by atoms with Crippen molar-refractivity contribution < 1.29 is 4.92 Å². The van der Waals surface area contributed by atoms with E-state index in [0.29, 0.717) is 17.7 Å². The molecule has 0 N–H and O–H groups in total. The van der Waals surface area contributed by atoms with Gasteiger partial charge in [-0.1, -0.05) is 0 Å². The molecule has 2 aromatic rings. The molecular weight excluding hydrogens is 308 g/mol. The fraction of sp³-hybridized carbons (Fsp3) is 0.294. The molecule has 0 radical (unpaired) electrons. The Balaban J connectivity index is 2.00. The van der Waals surface area contributed by atoms with Crippen LogP contribution < -0.4 is 10.3 Å². The Hall–Kier alpha value is -3.14. The summed E-state index contributed by atoms with van der Waals surface area (Å²) in [6.45, 7) is 2.46. The van der Waals surface area contributed by atoms with E-state index in [9.17, 15) is 20.2 Å². The normalized spacial score (nSPS) is 15.0. The van der Waals surface area contributed by atoms with Crippen molar-refractivity contribution in [3.8, 4) is 17.3 Å². The van der Waals surface area contributed by atoms with Crippen molar-refractivity contribution in [3.63, 3.8) is 0 Å². The zero-order valence-corrected chi connectivity index (χ0v) is 12.9. The zero-order chi connectivity index (χ0) is 16.8. The number of pyridine rings is 1. The molecule has 0 fully saturated rings. The smallest absolute Gasteiger partial charge is 0.269 e. The highest BCUT2D eigenvalue weighted by molar-refractivity contribution is 5.73. The molecule has 1 aromatic heterocycles. The van der Waals surface area contributed by atoms with Gasteiger partial charge in [0, 0.05) is 42.9 Å². The molecule has 7 heteroatoms. The highest BCUT2D eigenvalue weighted by Gasteiger charge is 2.32. The van der Waals surface area contributed by atoms with Crippen LogP contribution in [0.1, 0.15) is 17.5 Å². The van der Waals surface area contributed by atoms with Crippen molar-refractivity contribution in [1.82, 2.24) is 4.57 Å². The van der Waals surface area contributed by atoms with E-state index in [1.54, 1.807) is 12.1 Å². The standard InChI is InChI=1S/C17H14N4O3/c18-10-14-15(11-2-4-12(5-3-11)21(23)24)20-8-1-7-19-9-6-13(16(14)22)17(19)20/h2-5H,1,6-9H2. The van der Waals surface area contributed by atoms with Gasteiger partial charge in [0.1, 0.15) is 17.5 Å². The second-order valence-corrected chi connectivity index (χ2v) is 6.01. The lowest BCUT2D eigenvalue weighted by atomic mass is 10.0. The van der Waals surface area contributed by atoms with E-state index in [-0.39, 0.29) is 16.7 Å². The first kappa shape index (κ1) is 14.5. The van der Waals surface area contributed by atoms with Gasteiger partial charge >= 0.3 is 0 Å². The average molecular weight is 322 g/mol. The first-order chi connectivity index (χ1) is 11.6. The van der Waals surface area contributed by atoms with Crippen molar-refractivity contribution in [3.05, 3.63) is 55.7 Å². The second kappa shape index (κ2) is 5.20. The van der Waals surface area contributed by atoms with E-state index in [4.69, 9.17) is 0 Å². The SMILES string of the molecule is N#Cc1c(-c2ccc([N+](=O)[O-])cc2)n2c3c(c1=O)CCN3CCC2. The number of hydrogen-bond acceptors (Lipinski definition) is 5. The van der Waals surface area contributed by atoms with E-state index in [1.807, 2.05) is 4.57 Å². The summed E-state index contributed by atoms with van der Waals surface area (Å²) in [5, 5.41) is 20.4. The second-order valence-electron chi connectivity index (χ2n) is 6.01. The van der Waals surface area contributed by atoms with Crippen molar-refractivity contribution in [1.29, 1.82) is 5.26 Å². The van der Waals surface area contributed by atoms with Crippen molar-refractivity contribution in [2.45, 2.75) is 19.4 Å². The molecular formula is C17H14N4O3. The number of nitriles is 1. The van der Waals surface area contributed by atoms with Gasteiger partial charge in [0.15, 0.2) is 0 Å². The monoisotopic (exact) mass is 322 g/mol. The summed E-state index contributed by atoms with van der Waals surface area (Å²) < 4.78 is 2.03. The maximum Gasteiger partial charge on any atom is 0.269 e. The van der Waals surface area contributed by atoms with E-state index >= 15 is 0 Å². The van der Waals surface area contributed by atoms with Gasteiger partial charge in [-0.25, -0.2) is 0 Å². The summed E-state index contributed by atoms with van der Waals surface area (Å²) in [6, 6.07) is 8.08. The van der Waals surface area contributed by atoms with Crippen LogP contribution in [0.15, 0.2) is 29.1 Å². The molecule has 0 saturated carbocycles. The van der Waals surface area contributed by atoms with Gasteiger partial charge < -0.3 is 9.47 Å². The number of nitro groups is 1. The van der Waals surface area contributed by atoms with Crippen LogP contribution in [0.2, 0.25) is 0 Å². The number of aromatic nitrogens is 1. The maximum atomic E-state index is 12.7. The molecule has 0 spiro atoms. The number of hydrogen-bond donors (Lipinski definition) is 0. The third kappa shape index (κ3) is 1.93. The van der Waals surface area contributed by atoms with Crippen LogP contribution in [0, 0.1) is 21.4 Å². The molecule has 0 bridgehead atoms. The highest BCUT2D eigenvalue weighted by atomic mass is 16.6. The van der Waals surface area contributed by atoms with E-state index in [0.717, 1.165) is 37.4 Å². The number of non-ortho nitro benzene ring substituents is 1. The van der Waals surface area contributed by atoms with Crippen molar-refractivity contribution in [2.75, 3.05) is 18.0 Å². The third-order valence-corrected chi connectivity index (χ3v) is 4.74. The fourth-order valence-electron chi connectivity index (χ4n) is 3.70. The lowest BCUT2D eigenvalue weighted by Gasteiger charge is -2.31. The molecule has 0 aliphatic carbocycles. The van der Waals surface area contributed by atoms with Crippen LogP contribution in [0.5, 0.6) is 0 Å². The molecule has 4 rings (SSSR count). The van der Waals surface area contributed by atoms with Crippen molar-refractivity contribution in [2.24, 2.45) is 0 Å². The Morgan fingerprint density at radius 2 is 1.92 bits per heavy atom. The molecule has 0 saturated heterocycles. The van der Waals surface area contributed by atoms with Crippen LogP contribution in [-0.4, -0.2) is 22.6 Å². The van der Waals surface area contributed by atoms with E-state index < -0.39 is 4.92 Å². The summed E-state index contributed by atoms with van der Waals surface area (Å²) in [6.07, 6.45) is 1.61. The molecule has 0 amide bonds. The third-order valence-electron chi connectivity index (χ3n) is 4.74. The average Bonchev–Trinajstić information content (AvgIpc) is 3.03. The Kier molecular flexibility index (Phi) is 3.13. The van der Waals surface area contributed by atoms with E-state index in [1.165, 1.54) is 12.1 Å². The van der Waals surface area contributed by atoms with Crippen LogP contribution in [0.25, 0.3) is 11.3 Å². The summed E-state index contributed by atoms with van der Waals surface area (Å²) >= 11 is 0. The number of benzene rings is 1. The Labute approximate surface area is 137 Å². The molecule has 7 nitrogen and oxygen atoms in total. The summed E-state index contributed by atoms with van der Waals surface area (Å²) in [4.78, 5) is 25.3. The number of nitro benzene ring substituents is 1. The number of rotatable bonds is 2. The molecule has 2 aliphatic heterocycles. The highest BCUT2D eigenvalue weighted by Crippen LogP contribution is 2.36. The van der Waals surface area contributed by atoms with Gasteiger partial charge in [0.25, 0.3) is 5.69 Å². The molecule has 0 unspecified atom stereocenters. The molecule has 3 heterocycles. The number of anilines is 1. The van der Waals surface area contributed by atoms with Crippen LogP contribution in [0.3, 0.4) is 0 Å².